The topological polar surface area (TPSA) is 112 Å². The van der Waals surface area contributed by atoms with Crippen molar-refractivity contribution in [2.45, 2.75) is 13.3 Å². The van der Waals surface area contributed by atoms with E-state index in [9.17, 15) is 14.4 Å². The summed E-state index contributed by atoms with van der Waals surface area (Å²) in [5.74, 6) is -0.898. The fraction of sp³-hybridized carbons (Fsp3) is 0.190. The standard InChI is InChI=1S/C21H22N4O4/c1-2-29-18-10-6-4-8-16(18)21(28)23-13-20(27)25-24-19(26)11-14-12-22-17-9-5-3-7-15(14)17/h3-10,12,22H,2,11,13H2,1H3,(H,23,28)(H,24,26)(H,25,27). The van der Waals surface area contributed by atoms with Crippen molar-refractivity contribution in [3.8, 4) is 5.75 Å². The number of ether oxygens (including phenoxy) is 1. The molecule has 0 radical (unpaired) electrons. The Morgan fingerprint density at radius 2 is 1.69 bits per heavy atom. The van der Waals surface area contributed by atoms with Crippen LogP contribution in [0.15, 0.2) is 54.7 Å². The van der Waals surface area contributed by atoms with Crippen molar-refractivity contribution in [1.29, 1.82) is 0 Å². The number of aromatic nitrogens is 1. The lowest BCUT2D eigenvalue weighted by Gasteiger charge is -2.11. The highest BCUT2D eigenvalue weighted by atomic mass is 16.5. The van der Waals surface area contributed by atoms with E-state index in [2.05, 4.69) is 21.2 Å². The molecule has 8 nitrogen and oxygen atoms in total. The zero-order chi connectivity index (χ0) is 20.6. The summed E-state index contributed by atoms with van der Waals surface area (Å²) in [5, 5.41) is 3.46. The van der Waals surface area contributed by atoms with Crippen LogP contribution < -0.4 is 20.9 Å². The number of hydrogen-bond acceptors (Lipinski definition) is 4. The van der Waals surface area contributed by atoms with Crippen molar-refractivity contribution in [2.75, 3.05) is 13.2 Å². The van der Waals surface area contributed by atoms with Crippen LogP contribution in [-0.4, -0.2) is 35.9 Å². The van der Waals surface area contributed by atoms with Crippen molar-refractivity contribution in [3.05, 3.63) is 65.9 Å². The molecule has 0 bridgehead atoms. The molecule has 0 saturated carbocycles. The van der Waals surface area contributed by atoms with Gasteiger partial charge < -0.3 is 15.0 Å². The number of rotatable bonds is 7. The molecule has 0 spiro atoms. The third-order valence-electron chi connectivity index (χ3n) is 4.21. The molecule has 1 aromatic heterocycles. The first kappa shape index (κ1) is 19.9. The second kappa shape index (κ2) is 9.41. The van der Waals surface area contributed by atoms with Gasteiger partial charge in [0.15, 0.2) is 0 Å². The van der Waals surface area contributed by atoms with E-state index in [1.54, 1.807) is 30.5 Å². The molecule has 0 atom stereocenters. The average Bonchev–Trinajstić information content (AvgIpc) is 3.14. The second-order valence-corrected chi connectivity index (χ2v) is 6.24. The van der Waals surface area contributed by atoms with E-state index in [1.165, 1.54) is 0 Å². The zero-order valence-electron chi connectivity index (χ0n) is 16.0. The van der Waals surface area contributed by atoms with Gasteiger partial charge >= 0.3 is 0 Å². The van der Waals surface area contributed by atoms with E-state index in [-0.39, 0.29) is 18.9 Å². The van der Waals surface area contributed by atoms with E-state index in [0.29, 0.717) is 17.9 Å². The lowest BCUT2D eigenvalue weighted by molar-refractivity contribution is -0.128. The zero-order valence-corrected chi connectivity index (χ0v) is 16.0. The van der Waals surface area contributed by atoms with Crippen molar-refractivity contribution in [1.82, 2.24) is 21.2 Å². The number of hydrogen-bond donors (Lipinski definition) is 4. The van der Waals surface area contributed by atoms with Crippen LogP contribution >= 0.6 is 0 Å². The number of H-pyrrole nitrogens is 1. The Morgan fingerprint density at radius 3 is 2.52 bits per heavy atom. The molecule has 4 N–H and O–H groups in total. The highest BCUT2D eigenvalue weighted by molar-refractivity contribution is 5.99. The monoisotopic (exact) mass is 394 g/mol. The van der Waals surface area contributed by atoms with Crippen LogP contribution in [0.1, 0.15) is 22.8 Å². The summed E-state index contributed by atoms with van der Waals surface area (Å²) < 4.78 is 5.40. The van der Waals surface area contributed by atoms with Crippen molar-refractivity contribution in [2.24, 2.45) is 0 Å². The predicted octanol–water partition coefficient (Wildman–Crippen LogP) is 1.69. The molecule has 3 amide bonds. The number of nitrogens with one attached hydrogen (secondary N) is 4. The fourth-order valence-electron chi connectivity index (χ4n) is 2.87. The minimum atomic E-state index is -0.542. The van der Waals surface area contributed by atoms with Crippen LogP contribution in [0.3, 0.4) is 0 Å². The van der Waals surface area contributed by atoms with Gasteiger partial charge in [0.1, 0.15) is 5.75 Å². The second-order valence-electron chi connectivity index (χ2n) is 6.24. The van der Waals surface area contributed by atoms with E-state index >= 15 is 0 Å². The smallest absolute Gasteiger partial charge is 0.257 e. The Kier molecular flexibility index (Phi) is 6.47. The van der Waals surface area contributed by atoms with Crippen LogP contribution in [0.5, 0.6) is 5.75 Å². The van der Waals surface area contributed by atoms with Gasteiger partial charge in [0.05, 0.1) is 25.1 Å². The molecule has 0 aliphatic heterocycles. The molecule has 150 valence electrons. The molecule has 3 aromatic rings. The van der Waals surface area contributed by atoms with E-state index in [4.69, 9.17) is 4.74 Å². The molecule has 0 fully saturated rings. The van der Waals surface area contributed by atoms with Crippen LogP contribution in [0, 0.1) is 0 Å². The highest BCUT2D eigenvalue weighted by Gasteiger charge is 2.14. The summed E-state index contributed by atoms with van der Waals surface area (Å²) in [6.45, 7) is 1.96. The molecule has 2 aromatic carbocycles. The van der Waals surface area contributed by atoms with Crippen LogP contribution in [-0.2, 0) is 16.0 Å². The summed E-state index contributed by atoms with van der Waals surface area (Å²) in [6.07, 6.45) is 1.88. The number of para-hydroxylation sites is 2. The summed E-state index contributed by atoms with van der Waals surface area (Å²) in [4.78, 5) is 39.4. The Hall–Kier alpha value is -3.81. The summed E-state index contributed by atoms with van der Waals surface area (Å²) in [5.41, 5.74) is 6.75. The molecule has 8 heteroatoms. The first-order valence-electron chi connectivity index (χ1n) is 9.21. The fourth-order valence-corrected chi connectivity index (χ4v) is 2.87. The number of carbonyl (C=O) groups excluding carboxylic acids is 3. The summed E-state index contributed by atoms with van der Waals surface area (Å²) >= 11 is 0. The lowest BCUT2D eigenvalue weighted by Crippen LogP contribution is -2.46. The molecule has 29 heavy (non-hydrogen) atoms. The Bertz CT molecular complexity index is 1030. The number of amides is 3. The first-order valence-corrected chi connectivity index (χ1v) is 9.21. The van der Waals surface area contributed by atoms with Gasteiger partial charge in [0.2, 0.25) is 5.91 Å². The van der Waals surface area contributed by atoms with Crippen molar-refractivity contribution < 1.29 is 19.1 Å². The molecule has 1 heterocycles. The Balaban J connectivity index is 1.46. The maximum Gasteiger partial charge on any atom is 0.257 e. The largest absolute Gasteiger partial charge is 0.493 e. The predicted molar refractivity (Wildman–Crippen MR) is 108 cm³/mol. The molecule has 0 aliphatic carbocycles. The average molecular weight is 394 g/mol. The van der Waals surface area contributed by atoms with Gasteiger partial charge in [-0.15, -0.1) is 0 Å². The molecular weight excluding hydrogens is 372 g/mol. The normalized spacial score (nSPS) is 10.4. The van der Waals surface area contributed by atoms with Crippen LogP contribution in [0.25, 0.3) is 10.9 Å². The minimum Gasteiger partial charge on any atom is -0.493 e. The Labute approximate surface area is 167 Å². The number of aromatic amines is 1. The van der Waals surface area contributed by atoms with Gasteiger partial charge in [-0.25, -0.2) is 0 Å². The minimum absolute atomic E-state index is 0.110. The SMILES string of the molecule is CCOc1ccccc1C(=O)NCC(=O)NNC(=O)Cc1c[nH]c2ccccc12. The molecule has 3 rings (SSSR count). The van der Waals surface area contributed by atoms with Crippen molar-refractivity contribution in [3.63, 3.8) is 0 Å². The third kappa shape index (κ3) is 5.13. The number of benzene rings is 2. The van der Waals surface area contributed by atoms with Crippen LogP contribution in [0.4, 0.5) is 0 Å². The van der Waals surface area contributed by atoms with E-state index in [0.717, 1.165) is 16.5 Å². The van der Waals surface area contributed by atoms with E-state index < -0.39 is 11.8 Å². The van der Waals surface area contributed by atoms with Crippen molar-refractivity contribution >= 4 is 28.6 Å². The lowest BCUT2D eigenvalue weighted by atomic mass is 10.1. The molecule has 0 saturated heterocycles. The van der Waals surface area contributed by atoms with Crippen LogP contribution in [0.2, 0.25) is 0 Å². The van der Waals surface area contributed by atoms with Gasteiger partial charge in [-0.1, -0.05) is 30.3 Å². The van der Waals surface area contributed by atoms with Gasteiger partial charge in [-0.3, -0.25) is 25.2 Å². The molecule has 0 aliphatic rings. The number of hydrazine groups is 1. The molecular formula is C21H22N4O4. The van der Waals surface area contributed by atoms with Gasteiger partial charge in [0, 0.05) is 17.1 Å². The maximum absolute atomic E-state index is 12.3. The van der Waals surface area contributed by atoms with Gasteiger partial charge in [-0.2, -0.15) is 0 Å². The first-order chi connectivity index (χ1) is 14.1. The summed E-state index contributed by atoms with van der Waals surface area (Å²) in [7, 11) is 0. The Morgan fingerprint density at radius 1 is 0.966 bits per heavy atom. The molecule has 0 unspecified atom stereocenters. The van der Waals surface area contributed by atoms with E-state index in [1.807, 2.05) is 31.2 Å². The highest BCUT2D eigenvalue weighted by Crippen LogP contribution is 2.18. The maximum atomic E-state index is 12.3. The third-order valence-corrected chi connectivity index (χ3v) is 4.21. The number of fused-ring (bicyclic) bond motifs is 1. The number of carbonyl (C=O) groups is 3. The van der Waals surface area contributed by atoms with Gasteiger partial charge in [-0.05, 0) is 30.7 Å². The quantitative estimate of drug-likeness (QED) is 0.457. The van der Waals surface area contributed by atoms with Gasteiger partial charge in [0.25, 0.3) is 11.8 Å². The summed E-state index contributed by atoms with van der Waals surface area (Å²) in [6, 6.07) is 14.4.